The second-order valence-corrected chi connectivity index (χ2v) is 8.46. The third kappa shape index (κ3) is 7.85. The summed E-state index contributed by atoms with van der Waals surface area (Å²) in [5.74, 6) is 1.45. The predicted octanol–water partition coefficient (Wildman–Crippen LogP) is 6.51. The molecule has 37 heavy (non-hydrogen) atoms. The number of ether oxygens (including phenoxy) is 3. The van der Waals surface area contributed by atoms with Crippen LogP contribution in [0.25, 0.3) is 11.1 Å². The van der Waals surface area contributed by atoms with Crippen molar-refractivity contribution in [3.8, 4) is 28.4 Å². The van der Waals surface area contributed by atoms with E-state index in [2.05, 4.69) is 10.5 Å². The zero-order valence-corrected chi connectivity index (χ0v) is 21.2. The third-order valence-electron chi connectivity index (χ3n) is 5.31. The summed E-state index contributed by atoms with van der Waals surface area (Å²) in [5, 5.41) is 4.71. The number of hydrazone groups is 1. The van der Waals surface area contributed by atoms with E-state index in [1.165, 1.54) is 6.21 Å². The molecule has 0 spiro atoms. The SMILES string of the molecule is CCOc1cc(/C=N\NC(=O)COc2ccc(-c3ccccc3)cc2)ccc1OCc1ccc(Cl)cc1. The van der Waals surface area contributed by atoms with Crippen molar-refractivity contribution in [1.82, 2.24) is 5.43 Å². The molecule has 1 amide bonds. The lowest BCUT2D eigenvalue weighted by atomic mass is 10.1. The van der Waals surface area contributed by atoms with Crippen molar-refractivity contribution in [3.63, 3.8) is 0 Å². The largest absolute Gasteiger partial charge is 0.490 e. The van der Waals surface area contributed by atoms with Crippen LogP contribution in [0.15, 0.2) is 102 Å². The van der Waals surface area contributed by atoms with Gasteiger partial charge in [0.15, 0.2) is 18.1 Å². The van der Waals surface area contributed by atoms with Crippen molar-refractivity contribution < 1.29 is 19.0 Å². The Balaban J connectivity index is 1.27. The molecule has 0 heterocycles. The van der Waals surface area contributed by atoms with Gasteiger partial charge in [0.25, 0.3) is 5.91 Å². The highest BCUT2D eigenvalue weighted by molar-refractivity contribution is 6.30. The molecular formula is C30H27ClN2O4. The molecule has 0 fully saturated rings. The fraction of sp³-hybridized carbons (Fsp3) is 0.133. The van der Waals surface area contributed by atoms with Gasteiger partial charge in [-0.25, -0.2) is 5.43 Å². The Kier molecular flexibility index (Phi) is 9.16. The Hall–Kier alpha value is -4.29. The Labute approximate surface area is 221 Å². The molecule has 0 bridgehead atoms. The van der Waals surface area contributed by atoms with Gasteiger partial charge in [0.1, 0.15) is 12.4 Å². The van der Waals surface area contributed by atoms with Crippen LogP contribution >= 0.6 is 11.6 Å². The molecule has 0 saturated heterocycles. The highest BCUT2D eigenvalue weighted by Crippen LogP contribution is 2.29. The summed E-state index contributed by atoms with van der Waals surface area (Å²) in [7, 11) is 0. The van der Waals surface area contributed by atoms with Gasteiger partial charge in [-0.2, -0.15) is 5.10 Å². The highest BCUT2D eigenvalue weighted by Gasteiger charge is 2.07. The van der Waals surface area contributed by atoms with Gasteiger partial charge in [-0.05, 0) is 71.6 Å². The van der Waals surface area contributed by atoms with E-state index in [1.54, 1.807) is 6.07 Å². The minimum absolute atomic E-state index is 0.149. The van der Waals surface area contributed by atoms with Crippen molar-refractivity contribution in [2.24, 2.45) is 5.10 Å². The summed E-state index contributed by atoms with van der Waals surface area (Å²) in [5.41, 5.74) is 6.42. The first kappa shape index (κ1) is 25.8. The number of halogens is 1. The molecule has 1 N–H and O–H groups in total. The Bertz CT molecular complexity index is 1320. The molecule has 6 nitrogen and oxygen atoms in total. The van der Waals surface area contributed by atoms with Gasteiger partial charge in [0.05, 0.1) is 12.8 Å². The minimum Gasteiger partial charge on any atom is -0.490 e. The fourth-order valence-electron chi connectivity index (χ4n) is 3.47. The Morgan fingerprint density at radius 3 is 2.30 bits per heavy atom. The van der Waals surface area contributed by atoms with E-state index in [0.717, 1.165) is 22.3 Å². The number of hydrogen-bond donors (Lipinski definition) is 1. The van der Waals surface area contributed by atoms with E-state index < -0.39 is 0 Å². The molecule has 4 aromatic rings. The number of rotatable bonds is 11. The van der Waals surface area contributed by atoms with E-state index in [0.29, 0.717) is 35.5 Å². The van der Waals surface area contributed by atoms with E-state index >= 15 is 0 Å². The van der Waals surface area contributed by atoms with E-state index in [9.17, 15) is 4.79 Å². The quantitative estimate of drug-likeness (QED) is 0.183. The van der Waals surface area contributed by atoms with Crippen LogP contribution in [0.5, 0.6) is 17.2 Å². The second-order valence-electron chi connectivity index (χ2n) is 8.03. The molecule has 0 aliphatic rings. The van der Waals surface area contributed by atoms with Crippen LogP contribution in [0.4, 0.5) is 0 Å². The van der Waals surface area contributed by atoms with Crippen LogP contribution in [0.1, 0.15) is 18.1 Å². The maximum atomic E-state index is 12.2. The summed E-state index contributed by atoms with van der Waals surface area (Å²) >= 11 is 5.94. The molecular weight excluding hydrogens is 488 g/mol. The van der Waals surface area contributed by atoms with E-state index in [-0.39, 0.29) is 12.5 Å². The number of amides is 1. The van der Waals surface area contributed by atoms with Gasteiger partial charge >= 0.3 is 0 Å². The summed E-state index contributed by atoms with van der Waals surface area (Å²) in [6, 6.07) is 30.6. The van der Waals surface area contributed by atoms with Crippen LogP contribution in [-0.2, 0) is 11.4 Å². The zero-order chi connectivity index (χ0) is 25.9. The van der Waals surface area contributed by atoms with Crippen LogP contribution in [0.3, 0.4) is 0 Å². The number of hydrogen-bond acceptors (Lipinski definition) is 5. The van der Waals surface area contributed by atoms with Crippen molar-refractivity contribution in [1.29, 1.82) is 0 Å². The van der Waals surface area contributed by atoms with Gasteiger partial charge < -0.3 is 14.2 Å². The molecule has 0 aromatic heterocycles. The van der Waals surface area contributed by atoms with Crippen molar-refractivity contribution in [2.45, 2.75) is 13.5 Å². The maximum absolute atomic E-state index is 12.2. The first-order valence-corrected chi connectivity index (χ1v) is 12.2. The van der Waals surface area contributed by atoms with Crippen LogP contribution in [-0.4, -0.2) is 25.3 Å². The summed E-state index contributed by atoms with van der Waals surface area (Å²) in [6.45, 7) is 2.62. The molecule has 4 rings (SSSR count). The van der Waals surface area contributed by atoms with Crippen molar-refractivity contribution >= 4 is 23.7 Å². The predicted molar refractivity (Wildman–Crippen MR) is 147 cm³/mol. The number of nitrogens with one attached hydrogen (secondary N) is 1. The molecule has 188 valence electrons. The number of nitrogens with zero attached hydrogens (tertiary/aromatic N) is 1. The summed E-state index contributed by atoms with van der Waals surface area (Å²) in [6.07, 6.45) is 1.54. The average Bonchev–Trinajstić information content (AvgIpc) is 2.93. The average molecular weight is 515 g/mol. The molecule has 0 saturated carbocycles. The van der Waals surface area contributed by atoms with Gasteiger partial charge in [0, 0.05) is 5.02 Å². The normalized spacial score (nSPS) is 10.8. The van der Waals surface area contributed by atoms with Gasteiger partial charge in [-0.1, -0.05) is 66.2 Å². The lowest BCUT2D eigenvalue weighted by Gasteiger charge is -2.12. The molecule has 0 atom stereocenters. The van der Waals surface area contributed by atoms with Crippen molar-refractivity contribution in [2.75, 3.05) is 13.2 Å². The second kappa shape index (κ2) is 13.1. The van der Waals surface area contributed by atoms with Gasteiger partial charge in [-0.3, -0.25) is 4.79 Å². The first-order valence-electron chi connectivity index (χ1n) is 11.8. The lowest BCUT2D eigenvalue weighted by Crippen LogP contribution is -2.24. The van der Waals surface area contributed by atoms with Gasteiger partial charge in [0.2, 0.25) is 0 Å². The van der Waals surface area contributed by atoms with Gasteiger partial charge in [-0.15, -0.1) is 0 Å². The monoisotopic (exact) mass is 514 g/mol. The first-order chi connectivity index (χ1) is 18.1. The molecule has 0 radical (unpaired) electrons. The Morgan fingerprint density at radius 2 is 1.57 bits per heavy atom. The molecule has 7 heteroatoms. The molecule has 0 aliphatic heterocycles. The molecule has 4 aromatic carbocycles. The Morgan fingerprint density at radius 1 is 0.838 bits per heavy atom. The zero-order valence-electron chi connectivity index (χ0n) is 20.4. The van der Waals surface area contributed by atoms with E-state index in [1.807, 2.05) is 97.9 Å². The smallest absolute Gasteiger partial charge is 0.277 e. The van der Waals surface area contributed by atoms with Crippen LogP contribution in [0.2, 0.25) is 5.02 Å². The lowest BCUT2D eigenvalue weighted by molar-refractivity contribution is -0.123. The minimum atomic E-state index is -0.365. The maximum Gasteiger partial charge on any atom is 0.277 e. The summed E-state index contributed by atoms with van der Waals surface area (Å²) in [4.78, 5) is 12.2. The van der Waals surface area contributed by atoms with E-state index in [4.69, 9.17) is 25.8 Å². The van der Waals surface area contributed by atoms with Crippen molar-refractivity contribution in [3.05, 3.63) is 113 Å². The van der Waals surface area contributed by atoms with Crippen LogP contribution < -0.4 is 19.6 Å². The molecule has 0 unspecified atom stereocenters. The number of carbonyl (C=O) groups is 1. The fourth-order valence-corrected chi connectivity index (χ4v) is 3.59. The molecule has 0 aliphatic carbocycles. The number of benzene rings is 4. The van der Waals surface area contributed by atoms with Crippen LogP contribution in [0, 0.1) is 0 Å². The third-order valence-corrected chi connectivity index (χ3v) is 5.56. The highest BCUT2D eigenvalue weighted by atomic mass is 35.5. The topological polar surface area (TPSA) is 69.2 Å². The number of carbonyl (C=O) groups excluding carboxylic acids is 1. The summed E-state index contributed by atoms with van der Waals surface area (Å²) < 4.78 is 17.2. The standard InChI is InChI=1S/C30H27ClN2O4/c1-2-35-29-18-23(10-17-28(29)37-20-22-8-13-26(31)14-9-22)19-32-33-30(34)21-36-27-15-11-25(12-16-27)24-6-4-3-5-7-24/h3-19H,2,20-21H2,1H3,(H,33,34)/b32-19-.